The first-order valence-corrected chi connectivity index (χ1v) is 4.10. The molecular weight excluding hydrogens is 148 g/mol. The maximum atomic E-state index is 9.02. The minimum atomic E-state index is 0.330. The van der Waals surface area contributed by atoms with E-state index < -0.39 is 0 Å². The second-order valence-corrected chi connectivity index (χ2v) is 3.15. The third kappa shape index (κ3) is 2.79. The van der Waals surface area contributed by atoms with E-state index in [0.717, 1.165) is 6.42 Å². The lowest BCUT2D eigenvalue weighted by molar-refractivity contribution is 0.475. The number of benzene rings is 1. The van der Waals surface area contributed by atoms with Crippen molar-refractivity contribution in [2.24, 2.45) is 0 Å². The molecule has 0 radical (unpaired) electrons. The number of hydrogen-bond acceptors (Lipinski definition) is 1. The maximum Gasteiger partial charge on any atom is 0.115 e. The Kier molecular flexibility index (Phi) is 2.92. The second-order valence-electron chi connectivity index (χ2n) is 3.15. The molecule has 0 amide bonds. The normalized spacial score (nSPS) is 9.50. The Hall–Kier alpha value is -1.24. The van der Waals surface area contributed by atoms with Crippen LogP contribution in [0, 0.1) is 0 Å². The van der Waals surface area contributed by atoms with Crippen LogP contribution in [0.4, 0.5) is 0 Å². The maximum absolute atomic E-state index is 9.02. The number of phenols is 1. The summed E-state index contributed by atoms with van der Waals surface area (Å²) in [4.78, 5) is 0. The molecule has 1 heteroatoms. The fourth-order valence-corrected chi connectivity index (χ4v) is 0.954. The summed E-state index contributed by atoms with van der Waals surface area (Å²) in [6, 6.07) is 7.31. The molecule has 64 valence electrons. The first kappa shape index (κ1) is 8.85. The SMILES string of the molecule is CC(C)=CCc1ccc(O)cc1. The Morgan fingerprint density at radius 3 is 2.33 bits per heavy atom. The van der Waals surface area contributed by atoms with E-state index in [-0.39, 0.29) is 0 Å². The number of allylic oxidation sites excluding steroid dienone is 2. The summed E-state index contributed by atoms with van der Waals surface area (Å²) in [5.74, 6) is 0.330. The van der Waals surface area contributed by atoms with Crippen molar-refractivity contribution >= 4 is 0 Å². The topological polar surface area (TPSA) is 20.2 Å². The van der Waals surface area contributed by atoms with Crippen LogP contribution in [0.3, 0.4) is 0 Å². The lowest BCUT2D eigenvalue weighted by atomic mass is 10.1. The minimum Gasteiger partial charge on any atom is -0.508 e. The molecule has 0 atom stereocenters. The van der Waals surface area contributed by atoms with Gasteiger partial charge in [0, 0.05) is 0 Å². The molecule has 0 aromatic heterocycles. The quantitative estimate of drug-likeness (QED) is 0.663. The molecule has 0 fully saturated rings. The van der Waals surface area contributed by atoms with Gasteiger partial charge in [-0.1, -0.05) is 23.8 Å². The van der Waals surface area contributed by atoms with Crippen molar-refractivity contribution in [3.8, 4) is 5.75 Å². The van der Waals surface area contributed by atoms with Crippen molar-refractivity contribution in [3.63, 3.8) is 0 Å². The molecule has 1 rings (SSSR count). The summed E-state index contributed by atoms with van der Waals surface area (Å²) in [5.41, 5.74) is 2.55. The smallest absolute Gasteiger partial charge is 0.115 e. The van der Waals surface area contributed by atoms with E-state index >= 15 is 0 Å². The summed E-state index contributed by atoms with van der Waals surface area (Å²) in [5, 5.41) is 9.02. The summed E-state index contributed by atoms with van der Waals surface area (Å²) < 4.78 is 0. The molecule has 0 aliphatic rings. The average molecular weight is 162 g/mol. The first-order valence-electron chi connectivity index (χ1n) is 4.10. The summed E-state index contributed by atoms with van der Waals surface area (Å²) >= 11 is 0. The molecule has 0 unspecified atom stereocenters. The van der Waals surface area contributed by atoms with E-state index in [4.69, 9.17) is 5.11 Å². The van der Waals surface area contributed by atoms with E-state index in [9.17, 15) is 0 Å². The van der Waals surface area contributed by atoms with Gasteiger partial charge in [0.05, 0.1) is 0 Å². The fourth-order valence-electron chi connectivity index (χ4n) is 0.954. The molecule has 1 nitrogen and oxygen atoms in total. The van der Waals surface area contributed by atoms with Gasteiger partial charge >= 0.3 is 0 Å². The Morgan fingerprint density at radius 2 is 1.83 bits per heavy atom. The second kappa shape index (κ2) is 3.96. The zero-order valence-electron chi connectivity index (χ0n) is 7.54. The predicted molar refractivity (Wildman–Crippen MR) is 51.2 cm³/mol. The lowest BCUT2D eigenvalue weighted by Gasteiger charge is -1.96. The van der Waals surface area contributed by atoms with Crippen molar-refractivity contribution in [1.29, 1.82) is 0 Å². The Bertz CT molecular complexity index is 266. The van der Waals surface area contributed by atoms with Crippen LogP contribution < -0.4 is 0 Å². The van der Waals surface area contributed by atoms with Gasteiger partial charge in [0.15, 0.2) is 0 Å². The van der Waals surface area contributed by atoms with Crippen molar-refractivity contribution in [2.75, 3.05) is 0 Å². The van der Waals surface area contributed by atoms with Crippen molar-refractivity contribution < 1.29 is 5.11 Å². The van der Waals surface area contributed by atoms with Crippen LogP contribution in [0.5, 0.6) is 5.75 Å². The van der Waals surface area contributed by atoms with Gasteiger partial charge in [-0.3, -0.25) is 0 Å². The number of aromatic hydroxyl groups is 1. The van der Waals surface area contributed by atoms with Crippen LogP contribution >= 0.6 is 0 Å². The van der Waals surface area contributed by atoms with Crippen molar-refractivity contribution in [2.45, 2.75) is 20.3 Å². The van der Waals surface area contributed by atoms with Gasteiger partial charge < -0.3 is 5.11 Å². The summed E-state index contributed by atoms with van der Waals surface area (Å²) in [7, 11) is 0. The Labute approximate surface area is 73.4 Å². The molecule has 0 saturated heterocycles. The number of rotatable bonds is 2. The van der Waals surface area contributed by atoms with E-state index in [2.05, 4.69) is 19.9 Å². The first-order chi connectivity index (χ1) is 5.68. The molecule has 1 aromatic rings. The van der Waals surface area contributed by atoms with Crippen LogP contribution in [0.1, 0.15) is 19.4 Å². The standard InChI is InChI=1S/C11H14O/c1-9(2)3-4-10-5-7-11(12)8-6-10/h3,5-8,12H,4H2,1-2H3. The highest BCUT2D eigenvalue weighted by Crippen LogP contribution is 2.10. The molecule has 0 spiro atoms. The van der Waals surface area contributed by atoms with Crippen LogP contribution in [-0.2, 0) is 6.42 Å². The van der Waals surface area contributed by atoms with E-state index in [0.29, 0.717) is 5.75 Å². The molecule has 0 bridgehead atoms. The Balaban J connectivity index is 2.65. The number of hydrogen-bond donors (Lipinski definition) is 1. The zero-order valence-corrected chi connectivity index (χ0v) is 7.54. The van der Waals surface area contributed by atoms with Crippen LogP contribution in [0.2, 0.25) is 0 Å². The van der Waals surface area contributed by atoms with Gasteiger partial charge in [0.2, 0.25) is 0 Å². The Morgan fingerprint density at radius 1 is 1.25 bits per heavy atom. The molecule has 0 aliphatic carbocycles. The minimum absolute atomic E-state index is 0.330. The summed E-state index contributed by atoms with van der Waals surface area (Å²) in [6.45, 7) is 4.17. The van der Waals surface area contributed by atoms with Gasteiger partial charge in [-0.05, 0) is 38.0 Å². The molecule has 1 N–H and O–H groups in total. The number of phenolic OH excluding ortho intramolecular Hbond substituents is 1. The average Bonchev–Trinajstić information content (AvgIpc) is 2.03. The van der Waals surface area contributed by atoms with Crippen molar-refractivity contribution in [1.82, 2.24) is 0 Å². The zero-order chi connectivity index (χ0) is 8.97. The van der Waals surface area contributed by atoms with Gasteiger partial charge in [0.1, 0.15) is 5.75 Å². The third-order valence-electron chi connectivity index (χ3n) is 1.68. The predicted octanol–water partition coefficient (Wildman–Crippen LogP) is 2.90. The molecule has 0 heterocycles. The molecule has 1 aromatic carbocycles. The van der Waals surface area contributed by atoms with Crippen molar-refractivity contribution in [3.05, 3.63) is 41.5 Å². The van der Waals surface area contributed by atoms with Gasteiger partial charge in [-0.25, -0.2) is 0 Å². The fraction of sp³-hybridized carbons (Fsp3) is 0.273. The van der Waals surface area contributed by atoms with E-state index in [1.165, 1.54) is 11.1 Å². The highest BCUT2D eigenvalue weighted by Gasteiger charge is 1.89. The lowest BCUT2D eigenvalue weighted by Crippen LogP contribution is -1.80. The highest BCUT2D eigenvalue weighted by molar-refractivity contribution is 5.27. The molecule has 0 saturated carbocycles. The van der Waals surface area contributed by atoms with Crippen LogP contribution in [-0.4, -0.2) is 5.11 Å². The van der Waals surface area contributed by atoms with E-state index in [1.54, 1.807) is 12.1 Å². The van der Waals surface area contributed by atoms with Gasteiger partial charge in [-0.15, -0.1) is 0 Å². The largest absolute Gasteiger partial charge is 0.508 e. The highest BCUT2D eigenvalue weighted by atomic mass is 16.3. The monoisotopic (exact) mass is 162 g/mol. The van der Waals surface area contributed by atoms with Crippen LogP contribution in [0.25, 0.3) is 0 Å². The van der Waals surface area contributed by atoms with Crippen LogP contribution in [0.15, 0.2) is 35.9 Å². The van der Waals surface area contributed by atoms with E-state index in [1.807, 2.05) is 12.1 Å². The molecule has 12 heavy (non-hydrogen) atoms. The molecule has 0 aliphatic heterocycles. The molecular formula is C11H14O. The summed E-state index contributed by atoms with van der Waals surface area (Å²) in [6.07, 6.45) is 3.12. The third-order valence-corrected chi connectivity index (χ3v) is 1.68. The van der Waals surface area contributed by atoms with Gasteiger partial charge in [-0.2, -0.15) is 0 Å². The van der Waals surface area contributed by atoms with Gasteiger partial charge in [0.25, 0.3) is 0 Å².